The van der Waals surface area contributed by atoms with Gasteiger partial charge in [-0.3, -0.25) is 0 Å². The summed E-state index contributed by atoms with van der Waals surface area (Å²) in [6, 6.07) is 9.39. The number of nitrogens with two attached hydrogens (primary N) is 1. The smallest absolute Gasteiger partial charge is 0.247 e. The Morgan fingerprint density at radius 2 is 2.09 bits per heavy atom. The molecule has 124 valence electrons. The van der Waals surface area contributed by atoms with E-state index in [1.165, 1.54) is 23.0 Å². The minimum absolute atomic E-state index is 0.172. The topological polar surface area (TPSA) is 81.4 Å². The Bertz CT molecular complexity index is 826. The zero-order valence-corrected chi connectivity index (χ0v) is 14.8. The molecule has 1 aliphatic rings. The average molecular weight is 352 g/mol. The van der Waals surface area contributed by atoms with Gasteiger partial charge < -0.3 is 10.1 Å². The summed E-state index contributed by atoms with van der Waals surface area (Å²) in [5, 5.41) is 8.48. The Morgan fingerprint density at radius 3 is 2.78 bits per heavy atom. The molecule has 2 aromatic rings. The molecule has 7 heteroatoms. The van der Waals surface area contributed by atoms with E-state index in [1.54, 1.807) is 6.07 Å². The van der Waals surface area contributed by atoms with Crippen LogP contribution in [0.15, 0.2) is 34.5 Å². The number of hydrogen-bond donors (Lipinski definition) is 2. The van der Waals surface area contributed by atoms with Gasteiger partial charge in [0.1, 0.15) is 15.6 Å². The Hall–Kier alpha value is -1.57. The van der Waals surface area contributed by atoms with E-state index in [2.05, 4.69) is 25.2 Å². The summed E-state index contributed by atoms with van der Waals surface area (Å²) in [6.07, 6.45) is 1.98. The lowest BCUT2D eigenvalue weighted by molar-refractivity contribution is 0.0856. The number of rotatable bonds is 4. The van der Waals surface area contributed by atoms with E-state index in [0.29, 0.717) is 6.54 Å². The fraction of sp³-hybridized carbons (Fsp3) is 0.375. The predicted octanol–water partition coefficient (Wildman–Crippen LogP) is 3.11. The fourth-order valence-corrected chi connectivity index (χ4v) is 4.31. The van der Waals surface area contributed by atoms with Crippen molar-refractivity contribution in [1.82, 2.24) is 0 Å². The molecule has 2 heterocycles. The highest BCUT2D eigenvalue weighted by Crippen LogP contribution is 2.39. The van der Waals surface area contributed by atoms with Gasteiger partial charge in [-0.05, 0) is 50.5 Å². The standard InChI is InChI=1S/C16H20N2O3S2/c1-16(2)9-8-11-4-3-5-13(15(11)21-16)18-10-12-6-7-14(22-12)23(17,19)20/h3-7,18H,8-10H2,1-2H3,(H2,17,19,20). The lowest BCUT2D eigenvalue weighted by Gasteiger charge is -2.33. The lowest BCUT2D eigenvalue weighted by Crippen LogP contribution is -2.33. The molecule has 3 rings (SSSR count). The van der Waals surface area contributed by atoms with Crippen molar-refractivity contribution in [2.24, 2.45) is 5.14 Å². The van der Waals surface area contributed by atoms with Crippen molar-refractivity contribution in [1.29, 1.82) is 0 Å². The second kappa shape index (κ2) is 5.81. The number of para-hydroxylation sites is 1. The van der Waals surface area contributed by atoms with Crippen LogP contribution in [-0.2, 0) is 23.0 Å². The van der Waals surface area contributed by atoms with Gasteiger partial charge in [0.25, 0.3) is 0 Å². The summed E-state index contributed by atoms with van der Waals surface area (Å²) >= 11 is 1.18. The molecule has 1 aliphatic heterocycles. The molecular formula is C16H20N2O3S2. The second-order valence-corrected chi connectivity index (χ2v) is 9.23. The summed E-state index contributed by atoms with van der Waals surface area (Å²) in [7, 11) is -3.63. The first-order valence-corrected chi connectivity index (χ1v) is 9.77. The van der Waals surface area contributed by atoms with E-state index >= 15 is 0 Å². The minimum Gasteiger partial charge on any atom is -0.485 e. The molecule has 0 saturated carbocycles. The largest absolute Gasteiger partial charge is 0.485 e. The Morgan fingerprint density at radius 1 is 1.30 bits per heavy atom. The maximum Gasteiger partial charge on any atom is 0.247 e. The number of ether oxygens (including phenoxy) is 1. The zero-order chi connectivity index (χ0) is 16.7. The first-order chi connectivity index (χ1) is 10.7. The first kappa shape index (κ1) is 16.3. The number of anilines is 1. The molecule has 3 N–H and O–H groups in total. The summed E-state index contributed by atoms with van der Waals surface area (Å²) in [6.45, 7) is 4.70. The molecule has 1 aromatic heterocycles. The van der Waals surface area contributed by atoms with Gasteiger partial charge in [-0.2, -0.15) is 0 Å². The molecule has 0 saturated heterocycles. The van der Waals surface area contributed by atoms with E-state index in [1.807, 2.05) is 12.1 Å². The number of primary sulfonamides is 1. The minimum atomic E-state index is -3.63. The molecule has 1 aromatic carbocycles. The zero-order valence-electron chi connectivity index (χ0n) is 13.1. The maximum absolute atomic E-state index is 11.3. The van der Waals surface area contributed by atoms with Gasteiger partial charge in [0, 0.05) is 11.4 Å². The van der Waals surface area contributed by atoms with Crippen LogP contribution in [0, 0.1) is 0 Å². The van der Waals surface area contributed by atoms with E-state index in [-0.39, 0.29) is 9.81 Å². The quantitative estimate of drug-likeness (QED) is 0.886. The molecule has 0 unspecified atom stereocenters. The van der Waals surface area contributed by atoms with Crippen molar-refractivity contribution in [2.45, 2.75) is 43.0 Å². The highest BCUT2D eigenvalue weighted by molar-refractivity contribution is 7.91. The number of hydrogen-bond acceptors (Lipinski definition) is 5. The second-order valence-electron chi connectivity index (χ2n) is 6.27. The summed E-state index contributed by atoms with van der Waals surface area (Å²) in [5.74, 6) is 0.895. The van der Waals surface area contributed by atoms with Gasteiger partial charge >= 0.3 is 0 Å². The Labute approximate surface area is 140 Å². The van der Waals surface area contributed by atoms with Gasteiger partial charge in [0.2, 0.25) is 10.0 Å². The van der Waals surface area contributed by atoms with E-state index < -0.39 is 10.0 Å². The van der Waals surface area contributed by atoms with Crippen LogP contribution in [0.2, 0.25) is 0 Å². The molecule has 0 atom stereocenters. The molecule has 0 spiro atoms. The number of nitrogens with one attached hydrogen (secondary N) is 1. The molecule has 0 bridgehead atoms. The molecule has 0 amide bonds. The van der Waals surface area contributed by atoms with Gasteiger partial charge in [-0.1, -0.05) is 12.1 Å². The monoisotopic (exact) mass is 352 g/mol. The highest BCUT2D eigenvalue weighted by Gasteiger charge is 2.28. The van der Waals surface area contributed by atoms with Crippen LogP contribution in [-0.4, -0.2) is 14.0 Å². The predicted molar refractivity (Wildman–Crippen MR) is 92.5 cm³/mol. The Balaban J connectivity index is 1.78. The van der Waals surface area contributed by atoms with Gasteiger partial charge in [-0.25, -0.2) is 13.6 Å². The van der Waals surface area contributed by atoms with Crippen LogP contribution in [0.5, 0.6) is 5.75 Å². The summed E-state index contributed by atoms with van der Waals surface area (Å²) in [5.41, 5.74) is 1.96. The first-order valence-electron chi connectivity index (χ1n) is 7.41. The summed E-state index contributed by atoms with van der Waals surface area (Å²) < 4.78 is 29.0. The van der Waals surface area contributed by atoms with Gasteiger partial charge in [-0.15, -0.1) is 11.3 Å². The highest BCUT2D eigenvalue weighted by atomic mass is 32.2. The van der Waals surface area contributed by atoms with Crippen LogP contribution >= 0.6 is 11.3 Å². The van der Waals surface area contributed by atoms with E-state index in [4.69, 9.17) is 9.88 Å². The molecule has 0 radical (unpaired) electrons. The van der Waals surface area contributed by atoms with Crippen LogP contribution in [0.4, 0.5) is 5.69 Å². The van der Waals surface area contributed by atoms with Gasteiger partial charge in [0.15, 0.2) is 0 Å². The van der Waals surface area contributed by atoms with Crippen LogP contribution in [0.25, 0.3) is 0 Å². The van der Waals surface area contributed by atoms with Crippen molar-refractivity contribution in [3.05, 3.63) is 40.8 Å². The third kappa shape index (κ3) is 3.68. The third-order valence-corrected chi connectivity index (χ3v) is 6.37. The lowest BCUT2D eigenvalue weighted by atomic mass is 9.94. The van der Waals surface area contributed by atoms with Crippen molar-refractivity contribution in [3.8, 4) is 5.75 Å². The average Bonchev–Trinajstić information content (AvgIpc) is 2.93. The van der Waals surface area contributed by atoms with Crippen LogP contribution < -0.4 is 15.2 Å². The number of fused-ring (bicyclic) bond motifs is 1. The molecule has 0 aliphatic carbocycles. The van der Waals surface area contributed by atoms with Crippen LogP contribution in [0.3, 0.4) is 0 Å². The van der Waals surface area contributed by atoms with Crippen molar-refractivity contribution >= 4 is 27.0 Å². The van der Waals surface area contributed by atoms with Crippen LogP contribution in [0.1, 0.15) is 30.7 Å². The van der Waals surface area contributed by atoms with Crippen molar-refractivity contribution in [3.63, 3.8) is 0 Å². The van der Waals surface area contributed by atoms with E-state index in [9.17, 15) is 8.42 Å². The third-order valence-electron chi connectivity index (χ3n) is 3.84. The van der Waals surface area contributed by atoms with Gasteiger partial charge in [0.05, 0.1) is 5.69 Å². The Kier molecular flexibility index (Phi) is 4.12. The SMILES string of the molecule is CC1(C)CCc2cccc(NCc3ccc(S(N)(=O)=O)s3)c2O1. The number of benzene rings is 1. The van der Waals surface area contributed by atoms with Crippen molar-refractivity contribution < 1.29 is 13.2 Å². The fourth-order valence-electron chi connectivity index (χ4n) is 2.59. The maximum atomic E-state index is 11.3. The normalized spacial score (nSPS) is 16.5. The number of sulfonamides is 1. The number of thiophene rings is 1. The van der Waals surface area contributed by atoms with Crippen molar-refractivity contribution in [2.75, 3.05) is 5.32 Å². The molecular weight excluding hydrogens is 332 g/mol. The molecule has 5 nitrogen and oxygen atoms in total. The number of aryl methyl sites for hydroxylation is 1. The molecule has 0 fully saturated rings. The molecule has 23 heavy (non-hydrogen) atoms. The van der Waals surface area contributed by atoms with E-state index in [0.717, 1.165) is 29.2 Å². The summed E-state index contributed by atoms with van der Waals surface area (Å²) in [4.78, 5) is 0.904.